The molecule has 18 heavy (non-hydrogen) atoms. The molecule has 0 saturated heterocycles. The second-order valence-electron chi connectivity index (χ2n) is 3.78. The van der Waals surface area contributed by atoms with E-state index in [-0.39, 0.29) is 11.3 Å². The Labute approximate surface area is 103 Å². The average molecular weight is 247 g/mol. The zero-order chi connectivity index (χ0) is 13.3. The quantitative estimate of drug-likeness (QED) is 0.817. The minimum absolute atomic E-state index is 0.321. The molecule has 0 aliphatic rings. The van der Waals surface area contributed by atoms with Crippen LogP contribution in [0.5, 0.6) is 5.75 Å². The summed E-state index contributed by atoms with van der Waals surface area (Å²) >= 11 is 0. The van der Waals surface area contributed by atoms with E-state index < -0.39 is 11.5 Å². The van der Waals surface area contributed by atoms with Crippen LogP contribution in [0.15, 0.2) is 29.1 Å². The van der Waals surface area contributed by atoms with E-state index in [0.29, 0.717) is 17.4 Å². The van der Waals surface area contributed by atoms with Crippen LogP contribution in [0.4, 0.5) is 0 Å². The van der Waals surface area contributed by atoms with Gasteiger partial charge >= 0.3 is 5.97 Å². The molecule has 0 spiro atoms. The first kappa shape index (κ1) is 12.2. The van der Waals surface area contributed by atoms with Crippen molar-refractivity contribution in [1.82, 2.24) is 4.57 Å². The summed E-state index contributed by atoms with van der Waals surface area (Å²) in [6.07, 6.45) is 0. The van der Waals surface area contributed by atoms with E-state index >= 15 is 0 Å². The predicted octanol–water partition coefficient (Wildman–Crippen LogP) is 1.51. The average Bonchev–Trinajstić information content (AvgIpc) is 2.39. The molecule has 2 rings (SSSR count). The van der Waals surface area contributed by atoms with Gasteiger partial charge in [0, 0.05) is 11.9 Å². The summed E-state index contributed by atoms with van der Waals surface area (Å²) in [7, 11) is 1.17. The van der Waals surface area contributed by atoms with Crippen molar-refractivity contribution < 1.29 is 14.6 Å². The molecular formula is C13H13NO4. The van der Waals surface area contributed by atoms with Crippen molar-refractivity contribution in [2.75, 3.05) is 7.11 Å². The fourth-order valence-corrected chi connectivity index (χ4v) is 1.99. The van der Waals surface area contributed by atoms with Gasteiger partial charge in [0.15, 0.2) is 5.56 Å². The zero-order valence-corrected chi connectivity index (χ0v) is 10.1. The lowest BCUT2D eigenvalue weighted by Crippen LogP contribution is -2.27. The summed E-state index contributed by atoms with van der Waals surface area (Å²) in [5.41, 5.74) is -0.270. The lowest BCUT2D eigenvalue weighted by molar-refractivity contribution is 0.0595. The number of ether oxygens (including phenoxy) is 1. The van der Waals surface area contributed by atoms with Crippen molar-refractivity contribution in [3.63, 3.8) is 0 Å². The van der Waals surface area contributed by atoms with E-state index in [0.717, 1.165) is 0 Å². The monoisotopic (exact) mass is 247 g/mol. The maximum absolute atomic E-state index is 12.1. The molecule has 1 aromatic carbocycles. The summed E-state index contributed by atoms with van der Waals surface area (Å²) in [6, 6.07) is 6.88. The first-order valence-corrected chi connectivity index (χ1v) is 5.54. The number of aryl methyl sites for hydroxylation is 1. The number of esters is 1. The molecule has 1 N–H and O–H groups in total. The molecule has 0 saturated carbocycles. The van der Waals surface area contributed by atoms with Gasteiger partial charge in [-0.05, 0) is 19.1 Å². The maximum atomic E-state index is 12.1. The smallest absolute Gasteiger partial charge is 0.347 e. The third kappa shape index (κ3) is 1.64. The summed E-state index contributed by atoms with van der Waals surface area (Å²) < 4.78 is 5.97. The molecule has 2 aromatic rings. The zero-order valence-electron chi connectivity index (χ0n) is 10.1. The predicted molar refractivity (Wildman–Crippen MR) is 66.9 cm³/mol. The van der Waals surface area contributed by atoms with E-state index in [9.17, 15) is 14.7 Å². The Morgan fingerprint density at radius 3 is 2.67 bits per heavy atom. The van der Waals surface area contributed by atoms with Crippen LogP contribution in [-0.4, -0.2) is 22.8 Å². The number of carbonyl (C=O) groups is 1. The normalized spacial score (nSPS) is 10.6. The molecule has 5 nitrogen and oxygen atoms in total. The Kier molecular flexibility index (Phi) is 3.06. The van der Waals surface area contributed by atoms with Crippen molar-refractivity contribution in [3.05, 3.63) is 40.2 Å². The SMILES string of the molecule is CCn1c(=O)c(C(=O)OC)c(O)c2ccccc21. The molecule has 94 valence electrons. The third-order valence-corrected chi connectivity index (χ3v) is 2.85. The number of fused-ring (bicyclic) bond motifs is 1. The molecule has 5 heteroatoms. The Morgan fingerprint density at radius 2 is 2.06 bits per heavy atom. The molecule has 0 unspecified atom stereocenters. The first-order valence-electron chi connectivity index (χ1n) is 5.54. The molecule has 0 atom stereocenters. The number of rotatable bonds is 2. The lowest BCUT2D eigenvalue weighted by Gasteiger charge is -2.12. The van der Waals surface area contributed by atoms with Crippen LogP contribution in [0, 0.1) is 0 Å². The summed E-state index contributed by atoms with van der Waals surface area (Å²) in [5.74, 6) is -1.15. The highest BCUT2D eigenvalue weighted by Gasteiger charge is 2.21. The van der Waals surface area contributed by atoms with Gasteiger partial charge in [0.05, 0.1) is 12.6 Å². The van der Waals surface area contributed by atoms with Crippen molar-refractivity contribution in [2.24, 2.45) is 0 Å². The number of aromatic nitrogens is 1. The van der Waals surface area contributed by atoms with Gasteiger partial charge in [0.25, 0.3) is 5.56 Å². The van der Waals surface area contributed by atoms with Crippen LogP contribution in [0.1, 0.15) is 17.3 Å². The largest absolute Gasteiger partial charge is 0.506 e. The van der Waals surface area contributed by atoms with Gasteiger partial charge in [-0.15, -0.1) is 0 Å². The number of hydrogen-bond donors (Lipinski definition) is 1. The van der Waals surface area contributed by atoms with Crippen LogP contribution in [0.25, 0.3) is 10.9 Å². The van der Waals surface area contributed by atoms with Crippen LogP contribution in [0.3, 0.4) is 0 Å². The number of aromatic hydroxyl groups is 1. The minimum atomic E-state index is -0.828. The number of carbonyl (C=O) groups excluding carboxylic acids is 1. The van der Waals surface area contributed by atoms with Crippen LogP contribution >= 0.6 is 0 Å². The fourth-order valence-electron chi connectivity index (χ4n) is 1.99. The maximum Gasteiger partial charge on any atom is 0.347 e. The second kappa shape index (κ2) is 4.52. The highest BCUT2D eigenvalue weighted by atomic mass is 16.5. The molecule has 0 aliphatic heterocycles. The molecule has 1 heterocycles. The highest BCUT2D eigenvalue weighted by Crippen LogP contribution is 2.26. The van der Waals surface area contributed by atoms with E-state index in [1.165, 1.54) is 11.7 Å². The summed E-state index contributed by atoms with van der Waals surface area (Å²) in [5, 5.41) is 10.5. The van der Waals surface area contributed by atoms with Gasteiger partial charge < -0.3 is 14.4 Å². The van der Waals surface area contributed by atoms with Gasteiger partial charge in [0.2, 0.25) is 0 Å². The number of nitrogens with zero attached hydrogens (tertiary/aromatic N) is 1. The second-order valence-corrected chi connectivity index (χ2v) is 3.78. The molecule has 0 amide bonds. The van der Waals surface area contributed by atoms with Crippen molar-refractivity contribution >= 4 is 16.9 Å². The van der Waals surface area contributed by atoms with Crippen LogP contribution in [-0.2, 0) is 11.3 Å². The number of para-hydroxylation sites is 1. The van der Waals surface area contributed by atoms with Gasteiger partial charge in [0.1, 0.15) is 5.75 Å². The third-order valence-electron chi connectivity index (χ3n) is 2.85. The molecule has 0 aliphatic carbocycles. The molecular weight excluding hydrogens is 234 g/mol. The van der Waals surface area contributed by atoms with E-state index in [4.69, 9.17) is 0 Å². The minimum Gasteiger partial charge on any atom is -0.506 e. The topological polar surface area (TPSA) is 68.5 Å². The number of hydrogen-bond acceptors (Lipinski definition) is 4. The molecule has 0 fully saturated rings. The van der Waals surface area contributed by atoms with Gasteiger partial charge in [-0.2, -0.15) is 0 Å². The molecule has 1 aromatic heterocycles. The van der Waals surface area contributed by atoms with E-state index in [1.807, 2.05) is 0 Å². The fraction of sp³-hybridized carbons (Fsp3) is 0.231. The van der Waals surface area contributed by atoms with Gasteiger partial charge in [-0.1, -0.05) is 12.1 Å². The van der Waals surface area contributed by atoms with Crippen LogP contribution < -0.4 is 5.56 Å². The van der Waals surface area contributed by atoms with Crippen LogP contribution in [0.2, 0.25) is 0 Å². The Balaban J connectivity index is 2.97. The number of pyridine rings is 1. The first-order chi connectivity index (χ1) is 8.61. The van der Waals surface area contributed by atoms with Crippen molar-refractivity contribution in [2.45, 2.75) is 13.5 Å². The van der Waals surface area contributed by atoms with E-state index in [1.54, 1.807) is 31.2 Å². The molecule has 0 bridgehead atoms. The number of benzene rings is 1. The Hall–Kier alpha value is -2.30. The van der Waals surface area contributed by atoms with Crippen molar-refractivity contribution in [1.29, 1.82) is 0 Å². The number of methoxy groups -OCH3 is 1. The van der Waals surface area contributed by atoms with Gasteiger partial charge in [-0.3, -0.25) is 4.79 Å². The molecule has 0 radical (unpaired) electrons. The Morgan fingerprint density at radius 1 is 1.39 bits per heavy atom. The lowest BCUT2D eigenvalue weighted by atomic mass is 10.1. The van der Waals surface area contributed by atoms with Gasteiger partial charge in [-0.25, -0.2) is 4.79 Å². The van der Waals surface area contributed by atoms with Crippen molar-refractivity contribution in [3.8, 4) is 5.75 Å². The summed E-state index contributed by atoms with van der Waals surface area (Å²) in [6.45, 7) is 2.20. The highest BCUT2D eigenvalue weighted by molar-refractivity contribution is 5.99. The van der Waals surface area contributed by atoms with E-state index in [2.05, 4.69) is 4.74 Å². The Bertz CT molecular complexity index is 672. The standard InChI is InChI=1S/C13H13NO4/c1-3-14-9-7-5-4-6-8(9)11(15)10(12(14)16)13(17)18-2/h4-7,15H,3H2,1-2H3. The summed E-state index contributed by atoms with van der Waals surface area (Å²) in [4.78, 5) is 23.7.